The molecular weight excluding hydrogens is 370 g/mol. The van der Waals surface area contributed by atoms with Crippen LogP contribution in [0, 0.1) is 0 Å². The number of halogens is 1. The molecule has 0 aromatic heterocycles. The molecule has 24 heavy (non-hydrogen) atoms. The van der Waals surface area contributed by atoms with Gasteiger partial charge in [0.25, 0.3) is 5.91 Å². The molecular formula is C19H20BrNO3. The molecule has 0 aliphatic carbocycles. The minimum absolute atomic E-state index is 0.227. The van der Waals surface area contributed by atoms with Crippen molar-refractivity contribution >= 4 is 27.5 Å². The predicted octanol–water partition coefficient (Wildman–Crippen LogP) is 4.59. The molecule has 2 aromatic carbocycles. The lowest BCUT2D eigenvalue weighted by Gasteiger charge is -2.17. The van der Waals surface area contributed by atoms with Crippen molar-refractivity contribution in [2.75, 3.05) is 12.4 Å². The Kier molecular flexibility index (Phi) is 6.44. The van der Waals surface area contributed by atoms with Gasteiger partial charge in [0, 0.05) is 10.2 Å². The summed E-state index contributed by atoms with van der Waals surface area (Å²) in [4.78, 5) is 12.3. The van der Waals surface area contributed by atoms with Crippen LogP contribution < -0.4 is 14.8 Å². The van der Waals surface area contributed by atoms with Gasteiger partial charge in [-0.1, -0.05) is 28.1 Å². The third-order valence-corrected chi connectivity index (χ3v) is 3.92. The van der Waals surface area contributed by atoms with Crippen LogP contribution in [0.25, 0.3) is 0 Å². The highest BCUT2D eigenvalue weighted by atomic mass is 79.9. The Hall–Kier alpha value is -2.27. The zero-order chi connectivity index (χ0) is 17.5. The molecule has 0 saturated carbocycles. The quantitative estimate of drug-likeness (QED) is 0.704. The molecule has 1 atom stereocenters. The molecule has 126 valence electrons. The van der Waals surface area contributed by atoms with Crippen LogP contribution in [-0.2, 0) is 11.2 Å². The maximum atomic E-state index is 12.3. The first kappa shape index (κ1) is 18.1. The Morgan fingerprint density at radius 3 is 2.58 bits per heavy atom. The molecule has 0 fully saturated rings. The summed E-state index contributed by atoms with van der Waals surface area (Å²) < 4.78 is 12.1. The van der Waals surface area contributed by atoms with Crippen molar-refractivity contribution < 1.29 is 14.3 Å². The first-order valence-corrected chi connectivity index (χ1v) is 8.33. The molecule has 0 radical (unpaired) electrons. The Balaban J connectivity index is 2.05. The van der Waals surface area contributed by atoms with Gasteiger partial charge in [0.2, 0.25) is 0 Å². The highest BCUT2D eigenvalue weighted by Gasteiger charge is 2.17. The van der Waals surface area contributed by atoms with E-state index in [1.54, 1.807) is 20.1 Å². The minimum Gasteiger partial charge on any atom is -0.493 e. The van der Waals surface area contributed by atoms with E-state index in [4.69, 9.17) is 9.47 Å². The highest BCUT2D eigenvalue weighted by molar-refractivity contribution is 9.10. The van der Waals surface area contributed by atoms with Gasteiger partial charge in [0.1, 0.15) is 0 Å². The zero-order valence-electron chi connectivity index (χ0n) is 13.7. The number of carbonyl (C=O) groups is 1. The number of methoxy groups -OCH3 is 1. The van der Waals surface area contributed by atoms with Crippen LogP contribution in [0.1, 0.15) is 12.5 Å². The van der Waals surface area contributed by atoms with Gasteiger partial charge in [-0.05, 0) is 55.3 Å². The second kappa shape index (κ2) is 8.55. The van der Waals surface area contributed by atoms with Gasteiger partial charge < -0.3 is 14.8 Å². The van der Waals surface area contributed by atoms with Crippen LogP contribution in [0.15, 0.2) is 59.6 Å². The number of amides is 1. The molecule has 5 heteroatoms. The Labute approximate surface area is 150 Å². The van der Waals surface area contributed by atoms with Crippen molar-refractivity contribution in [3.63, 3.8) is 0 Å². The number of allylic oxidation sites excluding steroid dienone is 1. The van der Waals surface area contributed by atoms with Crippen molar-refractivity contribution in [2.45, 2.75) is 19.4 Å². The van der Waals surface area contributed by atoms with Crippen LogP contribution in [0.5, 0.6) is 11.5 Å². The molecule has 0 bridgehead atoms. The topological polar surface area (TPSA) is 47.6 Å². The standard InChI is InChI=1S/C19H20BrNO3/c1-4-5-14-6-11-17(18(12-14)23-3)24-13(2)19(22)21-16-9-7-15(20)8-10-16/h4,6-13H,1,5H2,2-3H3,(H,21,22). The van der Waals surface area contributed by atoms with E-state index in [2.05, 4.69) is 27.8 Å². The molecule has 1 amide bonds. The number of ether oxygens (including phenoxy) is 2. The van der Waals surface area contributed by atoms with E-state index in [0.717, 1.165) is 16.5 Å². The summed E-state index contributed by atoms with van der Waals surface area (Å²) in [5.74, 6) is 0.899. The molecule has 2 aromatic rings. The van der Waals surface area contributed by atoms with Crippen molar-refractivity contribution in [2.24, 2.45) is 0 Å². The average Bonchev–Trinajstić information content (AvgIpc) is 2.58. The number of benzene rings is 2. The normalized spacial score (nSPS) is 11.5. The van der Waals surface area contributed by atoms with E-state index in [0.29, 0.717) is 17.2 Å². The molecule has 1 unspecified atom stereocenters. The number of carbonyl (C=O) groups excluding carboxylic acids is 1. The van der Waals surface area contributed by atoms with Gasteiger partial charge in [0.15, 0.2) is 17.6 Å². The molecule has 0 spiro atoms. The summed E-state index contributed by atoms with van der Waals surface area (Å²) in [6.45, 7) is 5.42. The lowest BCUT2D eigenvalue weighted by atomic mass is 10.1. The van der Waals surface area contributed by atoms with Crippen LogP contribution in [0.2, 0.25) is 0 Å². The van der Waals surface area contributed by atoms with Gasteiger partial charge in [-0.25, -0.2) is 0 Å². The third kappa shape index (κ3) is 4.86. The SMILES string of the molecule is C=CCc1ccc(OC(C)C(=O)Nc2ccc(Br)cc2)c(OC)c1. The van der Waals surface area contributed by atoms with Crippen molar-refractivity contribution in [3.8, 4) is 11.5 Å². The fourth-order valence-electron chi connectivity index (χ4n) is 2.12. The fourth-order valence-corrected chi connectivity index (χ4v) is 2.39. The summed E-state index contributed by atoms with van der Waals surface area (Å²) in [6, 6.07) is 13.0. The summed E-state index contributed by atoms with van der Waals surface area (Å²) in [7, 11) is 1.58. The van der Waals surface area contributed by atoms with E-state index >= 15 is 0 Å². The number of rotatable bonds is 7. The van der Waals surface area contributed by atoms with Crippen LogP contribution >= 0.6 is 15.9 Å². The summed E-state index contributed by atoms with van der Waals surface area (Å²) in [6.07, 6.45) is 1.91. The van der Waals surface area contributed by atoms with E-state index in [1.165, 1.54) is 0 Å². The van der Waals surface area contributed by atoms with Gasteiger partial charge in [-0.2, -0.15) is 0 Å². The van der Waals surface area contributed by atoms with Gasteiger partial charge in [0.05, 0.1) is 7.11 Å². The Morgan fingerprint density at radius 2 is 1.96 bits per heavy atom. The lowest BCUT2D eigenvalue weighted by Crippen LogP contribution is -2.30. The zero-order valence-corrected chi connectivity index (χ0v) is 15.3. The number of anilines is 1. The second-order valence-electron chi connectivity index (χ2n) is 5.23. The molecule has 1 N–H and O–H groups in total. The summed E-state index contributed by atoms with van der Waals surface area (Å²) in [5, 5.41) is 2.82. The number of nitrogens with one attached hydrogen (secondary N) is 1. The number of hydrogen-bond acceptors (Lipinski definition) is 3. The van der Waals surface area contributed by atoms with Crippen molar-refractivity contribution in [3.05, 3.63) is 65.2 Å². The Bertz CT molecular complexity index is 713. The number of hydrogen-bond donors (Lipinski definition) is 1. The lowest BCUT2D eigenvalue weighted by molar-refractivity contribution is -0.122. The van der Waals surface area contributed by atoms with Crippen LogP contribution in [-0.4, -0.2) is 19.1 Å². The molecule has 0 aliphatic heterocycles. The largest absolute Gasteiger partial charge is 0.493 e. The molecule has 0 saturated heterocycles. The highest BCUT2D eigenvalue weighted by Crippen LogP contribution is 2.29. The maximum absolute atomic E-state index is 12.3. The second-order valence-corrected chi connectivity index (χ2v) is 6.15. The van der Waals surface area contributed by atoms with Crippen LogP contribution in [0.4, 0.5) is 5.69 Å². The minimum atomic E-state index is -0.659. The van der Waals surface area contributed by atoms with E-state index in [-0.39, 0.29) is 5.91 Å². The maximum Gasteiger partial charge on any atom is 0.265 e. The van der Waals surface area contributed by atoms with Crippen molar-refractivity contribution in [1.82, 2.24) is 0 Å². The van der Waals surface area contributed by atoms with Gasteiger partial charge in [-0.3, -0.25) is 4.79 Å². The molecule has 2 rings (SSSR count). The Morgan fingerprint density at radius 1 is 1.25 bits per heavy atom. The smallest absolute Gasteiger partial charge is 0.265 e. The monoisotopic (exact) mass is 389 g/mol. The van der Waals surface area contributed by atoms with Gasteiger partial charge >= 0.3 is 0 Å². The predicted molar refractivity (Wildman–Crippen MR) is 99.8 cm³/mol. The first-order chi connectivity index (χ1) is 11.5. The molecule has 0 aliphatic rings. The molecule has 4 nitrogen and oxygen atoms in total. The van der Waals surface area contributed by atoms with E-state index in [9.17, 15) is 4.79 Å². The van der Waals surface area contributed by atoms with Crippen molar-refractivity contribution in [1.29, 1.82) is 0 Å². The van der Waals surface area contributed by atoms with Gasteiger partial charge in [-0.15, -0.1) is 6.58 Å². The third-order valence-electron chi connectivity index (χ3n) is 3.39. The first-order valence-electron chi connectivity index (χ1n) is 7.54. The van der Waals surface area contributed by atoms with Crippen LogP contribution in [0.3, 0.4) is 0 Å². The van der Waals surface area contributed by atoms with E-state index < -0.39 is 6.10 Å². The summed E-state index contributed by atoms with van der Waals surface area (Å²) in [5.41, 5.74) is 1.79. The summed E-state index contributed by atoms with van der Waals surface area (Å²) >= 11 is 3.36. The average molecular weight is 390 g/mol. The molecule has 0 heterocycles. The van der Waals surface area contributed by atoms with E-state index in [1.807, 2.05) is 42.5 Å². The fraction of sp³-hybridized carbons (Fsp3) is 0.211.